The van der Waals surface area contributed by atoms with E-state index in [1.807, 2.05) is 41.2 Å². The summed E-state index contributed by atoms with van der Waals surface area (Å²) in [4.78, 5) is 12.6. The van der Waals surface area contributed by atoms with Gasteiger partial charge in [-0.2, -0.15) is 0 Å². The number of hydrogen-bond acceptors (Lipinski definition) is 3. The van der Waals surface area contributed by atoms with Crippen LogP contribution in [0.4, 0.5) is 0 Å². The number of carbonyl (C=O) groups is 1. The van der Waals surface area contributed by atoms with Gasteiger partial charge in [-0.1, -0.05) is 29.8 Å². The standard InChI is InChI=1S/C19H16ClNO3S/c1-24-14-9-7-13(8-10-14)17(19(22)23)25-18-15(20)5-4-6-16(18)21-11-2-3-12-21/h2-12,17H,1H3,(H,22,23). The van der Waals surface area contributed by atoms with E-state index in [1.54, 1.807) is 37.4 Å². The number of carboxylic acid groups (broad SMARTS) is 1. The van der Waals surface area contributed by atoms with Gasteiger partial charge in [0.2, 0.25) is 0 Å². The normalized spacial score (nSPS) is 11.9. The fraction of sp³-hybridized carbons (Fsp3) is 0.105. The Hall–Kier alpha value is -2.37. The highest BCUT2D eigenvalue weighted by atomic mass is 35.5. The summed E-state index contributed by atoms with van der Waals surface area (Å²) >= 11 is 7.60. The van der Waals surface area contributed by atoms with Crippen molar-refractivity contribution in [3.05, 3.63) is 77.6 Å². The van der Waals surface area contributed by atoms with Gasteiger partial charge in [0.25, 0.3) is 0 Å². The van der Waals surface area contributed by atoms with Crippen LogP contribution < -0.4 is 4.74 Å². The molecule has 1 aromatic heterocycles. The molecule has 3 aromatic rings. The van der Waals surface area contributed by atoms with Crippen molar-refractivity contribution < 1.29 is 14.6 Å². The van der Waals surface area contributed by atoms with Crippen LogP contribution in [0.1, 0.15) is 10.8 Å². The Morgan fingerprint density at radius 2 is 1.80 bits per heavy atom. The Balaban J connectivity index is 1.99. The highest BCUT2D eigenvalue weighted by molar-refractivity contribution is 8.00. The van der Waals surface area contributed by atoms with Crippen LogP contribution in [0, 0.1) is 0 Å². The summed E-state index contributed by atoms with van der Waals surface area (Å²) in [5.74, 6) is -0.239. The molecule has 0 fully saturated rings. The molecule has 0 spiro atoms. The Morgan fingerprint density at radius 3 is 2.40 bits per heavy atom. The van der Waals surface area contributed by atoms with Crippen molar-refractivity contribution in [2.24, 2.45) is 0 Å². The smallest absolute Gasteiger partial charge is 0.321 e. The summed E-state index contributed by atoms with van der Waals surface area (Å²) in [5.41, 5.74) is 1.53. The van der Waals surface area contributed by atoms with E-state index in [0.29, 0.717) is 16.3 Å². The quantitative estimate of drug-likeness (QED) is 0.614. The van der Waals surface area contributed by atoms with Crippen LogP contribution in [0.3, 0.4) is 0 Å². The topological polar surface area (TPSA) is 51.5 Å². The van der Waals surface area contributed by atoms with Crippen molar-refractivity contribution >= 4 is 29.3 Å². The third-order valence-electron chi connectivity index (χ3n) is 3.71. The monoisotopic (exact) mass is 373 g/mol. The van der Waals surface area contributed by atoms with Gasteiger partial charge in [-0.15, -0.1) is 11.8 Å². The first kappa shape index (κ1) is 17.5. The molecule has 128 valence electrons. The van der Waals surface area contributed by atoms with Crippen molar-refractivity contribution in [3.63, 3.8) is 0 Å². The minimum absolute atomic E-state index is 0.524. The van der Waals surface area contributed by atoms with Gasteiger partial charge in [0.05, 0.1) is 22.7 Å². The first-order valence-corrected chi connectivity index (χ1v) is 8.81. The van der Waals surface area contributed by atoms with Crippen molar-refractivity contribution in [2.45, 2.75) is 10.1 Å². The Labute approximate surface area is 155 Å². The summed E-state index contributed by atoms with van der Waals surface area (Å²) in [7, 11) is 1.57. The minimum Gasteiger partial charge on any atom is -0.497 e. The summed E-state index contributed by atoms with van der Waals surface area (Å²) in [6, 6.07) is 16.4. The van der Waals surface area contributed by atoms with Gasteiger partial charge in [0.15, 0.2) is 0 Å². The lowest BCUT2D eigenvalue weighted by molar-refractivity contribution is -0.136. The van der Waals surface area contributed by atoms with Crippen molar-refractivity contribution in [3.8, 4) is 11.4 Å². The SMILES string of the molecule is COc1ccc(C(Sc2c(Cl)cccc2-n2cccc2)C(=O)O)cc1. The zero-order chi connectivity index (χ0) is 17.8. The first-order chi connectivity index (χ1) is 12.1. The van der Waals surface area contributed by atoms with Crippen LogP contribution >= 0.6 is 23.4 Å². The average molecular weight is 374 g/mol. The molecule has 0 aliphatic carbocycles. The zero-order valence-corrected chi connectivity index (χ0v) is 15.0. The fourth-order valence-corrected chi connectivity index (χ4v) is 3.88. The number of aromatic nitrogens is 1. The Bertz CT molecular complexity index is 863. The van der Waals surface area contributed by atoms with Gasteiger partial charge in [-0.25, -0.2) is 0 Å². The highest BCUT2D eigenvalue weighted by Gasteiger charge is 2.24. The van der Waals surface area contributed by atoms with E-state index in [4.69, 9.17) is 16.3 Å². The molecule has 3 rings (SSSR count). The molecular weight excluding hydrogens is 358 g/mol. The Kier molecular flexibility index (Phi) is 5.36. The largest absolute Gasteiger partial charge is 0.497 e. The number of thioether (sulfide) groups is 1. The predicted molar refractivity (Wildman–Crippen MR) is 100 cm³/mol. The van der Waals surface area contributed by atoms with Gasteiger partial charge < -0.3 is 14.4 Å². The van der Waals surface area contributed by atoms with E-state index in [2.05, 4.69) is 0 Å². The molecule has 0 radical (unpaired) electrons. The molecule has 6 heteroatoms. The molecule has 0 saturated carbocycles. The molecular formula is C19H16ClNO3S. The molecule has 0 saturated heterocycles. The van der Waals surface area contributed by atoms with Gasteiger partial charge in [0, 0.05) is 12.4 Å². The summed E-state index contributed by atoms with van der Waals surface area (Å²) in [6.07, 6.45) is 3.80. The second kappa shape index (κ2) is 7.68. The lowest BCUT2D eigenvalue weighted by Gasteiger charge is -2.17. The summed E-state index contributed by atoms with van der Waals surface area (Å²) < 4.78 is 7.05. The second-order valence-corrected chi connectivity index (χ2v) is 6.81. The highest BCUT2D eigenvalue weighted by Crippen LogP contribution is 2.42. The Morgan fingerprint density at radius 1 is 1.12 bits per heavy atom. The predicted octanol–water partition coefficient (Wildman–Crippen LogP) is 5.06. The number of halogens is 1. The van der Waals surface area contributed by atoms with E-state index < -0.39 is 11.2 Å². The van der Waals surface area contributed by atoms with E-state index in [1.165, 1.54) is 11.8 Å². The van der Waals surface area contributed by atoms with Gasteiger partial charge in [-0.3, -0.25) is 4.79 Å². The molecule has 1 N–H and O–H groups in total. The lowest BCUT2D eigenvalue weighted by atomic mass is 10.1. The van der Waals surface area contributed by atoms with E-state index in [9.17, 15) is 9.90 Å². The number of rotatable bonds is 6. The number of hydrogen-bond donors (Lipinski definition) is 1. The molecule has 4 nitrogen and oxygen atoms in total. The minimum atomic E-state index is -0.923. The fourth-order valence-electron chi connectivity index (χ4n) is 2.47. The molecule has 1 atom stereocenters. The van der Waals surface area contributed by atoms with E-state index in [0.717, 1.165) is 10.6 Å². The molecule has 0 bridgehead atoms. The maximum Gasteiger partial charge on any atom is 0.321 e. The van der Waals surface area contributed by atoms with Crippen LogP contribution in [0.2, 0.25) is 5.02 Å². The van der Waals surface area contributed by atoms with Crippen molar-refractivity contribution in [2.75, 3.05) is 7.11 Å². The van der Waals surface area contributed by atoms with Crippen LogP contribution in [-0.4, -0.2) is 22.8 Å². The van der Waals surface area contributed by atoms with Crippen LogP contribution in [-0.2, 0) is 4.79 Å². The molecule has 25 heavy (non-hydrogen) atoms. The van der Waals surface area contributed by atoms with Crippen LogP contribution in [0.15, 0.2) is 71.9 Å². The number of benzene rings is 2. The molecule has 0 aliphatic heterocycles. The number of carboxylic acids is 1. The maximum atomic E-state index is 11.9. The van der Waals surface area contributed by atoms with Gasteiger partial charge in [-0.05, 0) is 42.0 Å². The third kappa shape index (κ3) is 3.83. The van der Waals surface area contributed by atoms with E-state index in [-0.39, 0.29) is 0 Å². The number of ether oxygens (including phenoxy) is 1. The van der Waals surface area contributed by atoms with Crippen LogP contribution in [0.5, 0.6) is 5.75 Å². The molecule has 1 unspecified atom stereocenters. The molecule has 0 aliphatic rings. The zero-order valence-electron chi connectivity index (χ0n) is 13.4. The number of nitrogens with zero attached hydrogens (tertiary/aromatic N) is 1. The van der Waals surface area contributed by atoms with Gasteiger partial charge in [0.1, 0.15) is 11.0 Å². The maximum absolute atomic E-state index is 11.9. The number of methoxy groups -OCH3 is 1. The third-order valence-corrected chi connectivity index (χ3v) is 5.51. The number of aliphatic carboxylic acids is 1. The average Bonchev–Trinajstić information content (AvgIpc) is 3.15. The molecule has 2 aromatic carbocycles. The van der Waals surface area contributed by atoms with Crippen LogP contribution in [0.25, 0.3) is 5.69 Å². The molecule has 1 heterocycles. The van der Waals surface area contributed by atoms with Crippen molar-refractivity contribution in [1.82, 2.24) is 4.57 Å². The van der Waals surface area contributed by atoms with Crippen molar-refractivity contribution in [1.29, 1.82) is 0 Å². The summed E-state index contributed by atoms with van der Waals surface area (Å²) in [5, 5.41) is 9.47. The summed E-state index contributed by atoms with van der Waals surface area (Å²) in [6.45, 7) is 0. The first-order valence-electron chi connectivity index (χ1n) is 7.55. The van der Waals surface area contributed by atoms with E-state index >= 15 is 0 Å². The second-order valence-electron chi connectivity index (χ2n) is 5.29. The molecule has 0 amide bonds. The lowest BCUT2D eigenvalue weighted by Crippen LogP contribution is -2.09. The van der Waals surface area contributed by atoms with Gasteiger partial charge >= 0.3 is 5.97 Å².